The minimum atomic E-state index is -3.35. The molecule has 0 amide bonds. The van der Waals surface area contributed by atoms with Gasteiger partial charge in [0.15, 0.2) is 0 Å². The van der Waals surface area contributed by atoms with E-state index in [1.807, 2.05) is 0 Å². The Hall–Kier alpha value is -0.470. The quantitative estimate of drug-likeness (QED) is 0.866. The molecule has 0 aromatic carbocycles. The molecule has 19 heavy (non-hydrogen) atoms. The average molecular weight is 304 g/mol. The van der Waals surface area contributed by atoms with Crippen LogP contribution in [0.2, 0.25) is 0 Å². The number of piperazine rings is 1. The molecule has 0 unspecified atom stereocenters. The molecule has 1 aromatic rings. The molecule has 5 nitrogen and oxygen atoms in total. The van der Waals surface area contributed by atoms with Crippen LogP contribution in [0.1, 0.15) is 11.8 Å². The lowest BCUT2D eigenvalue weighted by atomic mass is 10.4. The van der Waals surface area contributed by atoms with Crippen LogP contribution >= 0.6 is 11.3 Å². The van der Waals surface area contributed by atoms with Crippen molar-refractivity contribution < 1.29 is 13.5 Å². The molecular weight excluding hydrogens is 284 g/mol. The summed E-state index contributed by atoms with van der Waals surface area (Å²) in [5.74, 6) is 0. The van der Waals surface area contributed by atoms with Crippen LogP contribution in [0.15, 0.2) is 16.3 Å². The van der Waals surface area contributed by atoms with Gasteiger partial charge < -0.3 is 10.0 Å². The molecule has 1 fully saturated rings. The van der Waals surface area contributed by atoms with E-state index in [1.54, 1.807) is 16.4 Å². The number of aliphatic hydroxyl groups is 1. The highest BCUT2D eigenvalue weighted by atomic mass is 32.2. The zero-order valence-corrected chi connectivity index (χ0v) is 12.7. The normalized spacial score (nSPS) is 18.8. The third-order valence-electron chi connectivity index (χ3n) is 3.37. The van der Waals surface area contributed by atoms with Crippen LogP contribution in [0.25, 0.3) is 0 Å². The van der Waals surface area contributed by atoms with Crippen LogP contribution in [-0.2, 0) is 16.4 Å². The number of hydrogen-bond acceptors (Lipinski definition) is 5. The minimum Gasteiger partial charge on any atom is -0.396 e. The molecule has 0 atom stereocenters. The second-order valence-corrected chi connectivity index (χ2v) is 7.87. The predicted octanol–water partition coefficient (Wildman–Crippen LogP) is 0.609. The first kappa shape index (κ1) is 14.9. The SMILES string of the molecule is CCN1CCN(S(=O)(=O)c2ccc(CCO)s2)CC1. The van der Waals surface area contributed by atoms with Crippen LogP contribution in [0.4, 0.5) is 0 Å². The second-order valence-electron chi connectivity index (χ2n) is 4.53. The standard InChI is InChI=1S/C12H20N2O3S2/c1-2-13-6-8-14(9-7-13)19(16,17)12-4-3-11(18-12)5-10-15/h3-4,15H,2,5-10H2,1H3. The number of nitrogens with zero attached hydrogens (tertiary/aromatic N) is 2. The third-order valence-corrected chi connectivity index (χ3v) is 6.88. The lowest BCUT2D eigenvalue weighted by molar-refractivity contribution is 0.196. The highest BCUT2D eigenvalue weighted by molar-refractivity contribution is 7.91. The fourth-order valence-corrected chi connectivity index (χ4v) is 5.08. The molecule has 1 N–H and O–H groups in total. The summed E-state index contributed by atoms with van der Waals surface area (Å²) in [7, 11) is -3.35. The van der Waals surface area contributed by atoms with Gasteiger partial charge in [0.2, 0.25) is 0 Å². The molecule has 1 aromatic heterocycles. The van der Waals surface area contributed by atoms with E-state index in [1.165, 1.54) is 11.3 Å². The van der Waals surface area contributed by atoms with E-state index in [2.05, 4.69) is 11.8 Å². The minimum absolute atomic E-state index is 0.0508. The molecule has 1 saturated heterocycles. The highest BCUT2D eigenvalue weighted by Crippen LogP contribution is 2.25. The molecular formula is C12H20N2O3S2. The Kier molecular flexibility index (Phi) is 4.97. The summed E-state index contributed by atoms with van der Waals surface area (Å²) in [4.78, 5) is 3.16. The monoisotopic (exact) mass is 304 g/mol. The fraction of sp³-hybridized carbons (Fsp3) is 0.667. The van der Waals surface area contributed by atoms with Gasteiger partial charge in [-0.3, -0.25) is 0 Å². The van der Waals surface area contributed by atoms with Crippen LogP contribution in [0.5, 0.6) is 0 Å². The van der Waals surface area contributed by atoms with E-state index in [0.29, 0.717) is 23.7 Å². The smallest absolute Gasteiger partial charge is 0.252 e. The fourth-order valence-electron chi connectivity index (χ4n) is 2.15. The van der Waals surface area contributed by atoms with Crippen LogP contribution in [0, 0.1) is 0 Å². The Labute approximate surface area is 118 Å². The Morgan fingerprint density at radius 3 is 2.53 bits per heavy atom. The van der Waals surface area contributed by atoms with Gasteiger partial charge >= 0.3 is 0 Å². The Bertz CT molecular complexity index is 505. The maximum atomic E-state index is 12.5. The van der Waals surface area contributed by atoms with Gasteiger partial charge in [0.1, 0.15) is 4.21 Å². The van der Waals surface area contributed by atoms with Gasteiger partial charge in [0.05, 0.1) is 0 Å². The number of aliphatic hydroxyl groups excluding tert-OH is 1. The average Bonchev–Trinajstić information content (AvgIpc) is 2.89. The molecule has 0 spiro atoms. The number of sulfonamides is 1. The van der Waals surface area contributed by atoms with E-state index in [9.17, 15) is 8.42 Å². The van der Waals surface area contributed by atoms with Crippen molar-refractivity contribution in [2.75, 3.05) is 39.3 Å². The maximum Gasteiger partial charge on any atom is 0.252 e. The first-order chi connectivity index (χ1) is 9.07. The molecule has 2 heterocycles. The summed E-state index contributed by atoms with van der Waals surface area (Å²) in [5, 5.41) is 8.88. The van der Waals surface area contributed by atoms with Crippen LogP contribution in [-0.4, -0.2) is 62.1 Å². The Morgan fingerprint density at radius 2 is 1.95 bits per heavy atom. The molecule has 0 radical (unpaired) electrons. The molecule has 0 saturated carbocycles. The largest absolute Gasteiger partial charge is 0.396 e. The van der Waals surface area contributed by atoms with Gasteiger partial charge in [-0.2, -0.15) is 4.31 Å². The zero-order valence-electron chi connectivity index (χ0n) is 11.1. The van der Waals surface area contributed by atoms with Gasteiger partial charge in [-0.1, -0.05) is 6.92 Å². The van der Waals surface area contributed by atoms with Crippen molar-refractivity contribution in [2.24, 2.45) is 0 Å². The van der Waals surface area contributed by atoms with E-state index in [0.717, 1.165) is 24.5 Å². The van der Waals surface area contributed by atoms with Crippen LogP contribution < -0.4 is 0 Å². The molecule has 7 heteroatoms. The summed E-state index contributed by atoms with van der Waals surface area (Å²) in [6.45, 7) is 5.81. The molecule has 1 aliphatic rings. The molecule has 1 aliphatic heterocycles. The first-order valence-electron chi connectivity index (χ1n) is 6.50. The van der Waals surface area contributed by atoms with Crippen molar-refractivity contribution in [3.63, 3.8) is 0 Å². The van der Waals surface area contributed by atoms with E-state index in [-0.39, 0.29) is 6.61 Å². The topological polar surface area (TPSA) is 60.9 Å². The molecule has 2 rings (SSSR count). The van der Waals surface area contributed by atoms with Crippen molar-refractivity contribution in [3.05, 3.63) is 17.0 Å². The first-order valence-corrected chi connectivity index (χ1v) is 8.75. The number of thiophene rings is 1. The lowest BCUT2D eigenvalue weighted by Crippen LogP contribution is -2.48. The third kappa shape index (κ3) is 3.35. The molecule has 0 aliphatic carbocycles. The van der Waals surface area contributed by atoms with Crippen LogP contribution in [0.3, 0.4) is 0 Å². The molecule has 0 bridgehead atoms. The summed E-state index contributed by atoms with van der Waals surface area (Å²) in [5.41, 5.74) is 0. The molecule has 108 valence electrons. The van der Waals surface area contributed by atoms with Gasteiger partial charge in [-0.25, -0.2) is 8.42 Å². The van der Waals surface area contributed by atoms with E-state index >= 15 is 0 Å². The summed E-state index contributed by atoms with van der Waals surface area (Å²) >= 11 is 1.26. The number of hydrogen-bond donors (Lipinski definition) is 1. The van der Waals surface area contributed by atoms with Crippen molar-refractivity contribution in [3.8, 4) is 0 Å². The van der Waals surface area contributed by atoms with Gasteiger partial charge in [-0.15, -0.1) is 11.3 Å². The highest BCUT2D eigenvalue weighted by Gasteiger charge is 2.29. The van der Waals surface area contributed by atoms with Crippen molar-refractivity contribution in [1.29, 1.82) is 0 Å². The summed E-state index contributed by atoms with van der Waals surface area (Å²) < 4.78 is 26.9. The Balaban J connectivity index is 2.09. The van der Waals surface area contributed by atoms with Gasteiger partial charge in [-0.05, 0) is 18.7 Å². The van der Waals surface area contributed by atoms with Crippen molar-refractivity contribution in [1.82, 2.24) is 9.21 Å². The number of likely N-dealkylation sites (N-methyl/N-ethyl adjacent to an activating group) is 1. The predicted molar refractivity (Wildman–Crippen MR) is 76.0 cm³/mol. The second kappa shape index (κ2) is 6.32. The number of rotatable bonds is 5. The summed E-state index contributed by atoms with van der Waals surface area (Å²) in [6.07, 6.45) is 0.518. The zero-order chi connectivity index (χ0) is 13.9. The lowest BCUT2D eigenvalue weighted by Gasteiger charge is -2.32. The van der Waals surface area contributed by atoms with Gasteiger partial charge in [0, 0.05) is 44.1 Å². The van der Waals surface area contributed by atoms with E-state index in [4.69, 9.17) is 5.11 Å². The van der Waals surface area contributed by atoms with E-state index < -0.39 is 10.0 Å². The van der Waals surface area contributed by atoms with Crippen molar-refractivity contribution >= 4 is 21.4 Å². The van der Waals surface area contributed by atoms with Crippen molar-refractivity contribution in [2.45, 2.75) is 17.6 Å². The maximum absolute atomic E-state index is 12.5. The van der Waals surface area contributed by atoms with Gasteiger partial charge in [0.25, 0.3) is 10.0 Å². The summed E-state index contributed by atoms with van der Waals surface area (Å²) in [6, 6.07) is 3.44. The Morgan fingerprint density at radius 1 is 1.26 bits per heavy atom.